The molecule has 0 unspecified atom stereocenters. The maximum atomic E-state index is 12.9. The molecule has 0 saturated carbocycles. The first kappa shape index (κ1) is 21.1. The smallest absolute Gasteiger partial charge is 0.271 e. The van der Waals surface area contributed by atoms with Crippen molar-refractivity contribution >= 4 is 21.4 Å². The second kappa shape index (κ2) is 8.38. The molecule has 0 aromatic heterocycles. The number of hydrogen-bond donors (Lipinski definition) is 1. The Labute approximate surface area is 170 Å². The van der Waals surface area contributed by atoms with E-state index in [-0.39, 0.29) is 16.6 Å². The number of methoxy groups -OCH3 is 1. The highest BCUT2D eigenvalue weighted by atomic mass is 32.2. The van der Waals surface area contributed by atoms with Gasteiger partial charge < -0.3 is 9.64 Å². The summed E-state index contributed by atoms with van der Waals surface area (Å²) in [6, 6.07) is 10.1. The minimum Gasteiger partial charge on any atom is -0.497 e. The Morgan fingerprint density at radius 3 is 2.31 bits per heavy atom. The Kier molecular flexibility index (Phi) is 6.09. The fraction of sp³-hybridized carbons (Fsp3) is 0.400. The SMILES string of the molecule is COc1ccc(N2CCC(NS(=O)(=O)c3cc([N+](=O)[O-])cc(C)c3C)CC2)cc1. The summed E-state index contributed by atoms with van der Waals surface area (Å²) in [6.07, 6.45) is 1.30. The minimum atomic E-state index is -3.85. The van der Waals surface area contributed by atoms with Crippen LogP contribution in [0.4, 0.5) is 11.4 Å². The molecule has 156 valence electrons. The Bertz CT molecular complexity index is 998. The van der Waals surface area contributed by atoms with Gasteiger partial charge in [0.15, 0.2) is 0 Å². The average Bonchev–Trinajstić information content (AvgIpc) is 2.70. The van der Waals surface area contributed by atoms with Crippen molar-refractivity contribution in [2.75, 3.05) is 25.1 Å². The number of anilines is 1. The van der Waals surface area contributed by atoms with E-state index in [1.807, 2.05) is 24.3 Å². The molecule has 1 fully saturated rings. The van der Waals surface area contributed by atoms with Crippen molar-refractivity contribution in [3.05, 3.63) is 57.6 Å². The zero-order chi connectivity index (χ0) is 21.2. The van der Waals surface area contributed by atoms with Gasteiger partial charge >= 0.3 is 0 Å². The van der Waals surface area contributed by atoms with Crippen molar-refractivity contribution in [1.82, 2.24) is 4.72 Å². The molecule has 0 atom stereocenters. The van der Waals surface area contributed by atoms with Gasteiger partial charge in [0.05, 0.1) is 16.9 Å². The van der Waals surface area contributed by atoms with Crippen molar-refractivity contribution in [3.8, 4) is 5.75 Å². The normalized spacial score (nSPS) is 15.3. The second-order valence-electron chi connectivity index (χ2n) is 7.22. The van der Waals surface area contributed by atoms with Crippen molar-refractivity contribution < 1.29 is 18.1 Å². The summed E-state index contributed by atoms with van der Waals surface area (Å²) in [5.41, 5.74) is 1.95. The van der Waals surface area contributed by atoms with Crippen LogP contribution < -0.4 is 14.4 Å². The molecule has 9 heteroatoms. The molecule has 1 aliphatic rings. The van der Waals surface area contributed by atoms with Crippen molar-refractivity contribution in [1.29, 1.82) is 0 Å². The molecule has 1 saturated heterocycles. The molecule has 0 spiro atoms. The Morgan fingerprint density at radius 2 is 1.76 bits per heavy atom. The molecular formula is C20H25N3O5S. The largest absolute Gasteiger partial charge is 0.497 e. The standard InChI is InChI=1S/C20H25N3O5S/c1-14-12-18(23(24)25)13-20(15(14)2)29(26,27)21-16-8-10-22(11-9-16)17-4-6-19(28-3)7-5-17/h4-7,12-13,16,21H,8-11H2,1-3H3. The minimum absolute atomic E-state index is 0.0261. The predicted octanol–water partition coefficient (Wildman–Crippen LogP) is 3.17. The number of nitro groups is 1. The maximum absolute atomic E-state index is 12.9. The second-order valence-corrected chi connectivity index (χ2v) is 8.91. The van der Waals surface area contributed by atoms with Crippen LogP contribution in [0.2, 0.25) is 0 Å². The molecule has 0 bridgehead atoms. The molecule has 2 aromatic carbocycles. The van der Waals surface area contributed by atoms with Gasteiger partial charge in [-0.25, -0.2) is 13.1 Å². The van der Waals surface area contributed by atoms with Gasteiger partial charge in [-0.15, -0.1) is 0 Å². The van der Waals surface area contributed by atoms with Crippen LogP contribution in [-0.2, 0) is 10.0 Å². The van der Waals surface area contributed by atoms with E-state index in [2.05, 4.69) is 9.62 Å². The topological polar surface area (TPSA) is 102 Å². The third kappa shape index (κ3) is 4.68. The summed E-state index contributed by atoms with van der Waals surface area (Å²) in [5, 5.41) is 11.1. The van der Waals surface area contributed by atoms with E-state index in [9.17, 15) is 18.5 Å². The van der Waals surface area contributed by atoms with E-state index in [0.29, 0.717) is 37.1 Å². The third-order valence-corrected chi connectivity index (χ3v) is 7.01. The van der Waals surface area contributed by atoms with Gasteiger partial charge in [-0.2, -0.15) is 0 Å². The Hall–Kier alpha value is -2.65. The first-order valence-electron chi connectivity index (χ1n) is 9.38. The molecule has 0 radical (unpaired) electrons. The predicted molar refractivity (Wildman–Crippen MR) is 111 cm³/mol. The van der Waals surface area contributed by atoms with Crippen LogP contribution in [0, 0.1) is 24.0 Å². The third-order valence-electron chi connectivity index (χ3n) is 5.36. The van der Waals surface area contributed by atoms with E-state index in [4.69, 9.17) is 4.74 Å². The zero-order valence-corrected chi connectivity index (χ0v) is 17.5. The van der Waals surface area contributed by atoms with Crippen LogP contribution in [0.15, 0.2) is 41.3 Å². The summed E-state index contributed by atoms with van der Waals surface area (Å²) < 4.78 is 33.7. The van der Waals surface area contributed by atoms with Crippen molar-refractivity contribution in [2.45, 2.75) is 37.6 Å². The molecule has 0 aliphatic carbocycles. The molecular weight excluding hydrogens is 394 g/mol. The summed E-state index contributed by atoms with van der Waals surface area (Å²) in [4.78, 5) is 12.7. The van der Waals surface area contributed by atoms with Crippen LogP contribution in [0.3, 0.4) is 0 Å². The highest BCUT2D eigenvalue weighted by Crippen LogP contribution is 2.27. The van der Waals surface area contributed by atoms with Gasteiger partial charge in [0.25, 0.3) is 5.69 Å². The lowest BCUT2D eigenvalue weighted by molar-refractivity contribution is -0.385. The number of aryl methyl sites for hydroxylation is 1. The van der Waals surface area contributed by atoms with E-state index >= 15 is 0 Å². The fourth-order valence-corrected chi connectivity index (χ4v) is 5.17. The number of piperidine rings is 1. The van der Waals surface area contributed by atoms with E-state index in [1.165, 1.54) is 6.07 Å². The maximum Gasteiger partial charge on any atom is 0.271 e. The molecule has 2 aromatic rings. The summed E-state index contributed by atoms with van der Waals surface area (Å²) >= 11 is 0. The number of nitrogens with zero attached hydrogens (tertiary/aromatic N) is 2. The zero-order valence-electron chi connectivity index (χ0n) is 16.7. The number of nitrogens with one attached hydrogen (secondary N) is 1. The van der Waals surface area contributed by atoms with Crippen LogP contribution in [0.25, 0.3) is 0 Å². The number of benzene rings is 2. The number of non-ortho nitro benzene ring substituents is 1. The number of rotatable bonds is 6. The lowest BCUT2D eigenvalue weighted by Gasteiger charge is -2.34. The number of nitro benzene ring substituents is 1. The number of hydrogen-bond acceptors (Lipinski definition) is 6. The average molecular weight is 420 g/mol. The highest BCUT2D eigenvalue weighted by molar-refractivity contribution is 7.89. The van der Waals surface area contributed by atoms with Crippen LogP contribution >= 0.6 is 0 Å². The first-order chi connectivity index (χ1) is 13.7. The van der Waals surface area contributed by atoms with Gasteiger partial charge in [-0.1, -0.05) is 0 Å². The monoisotopic (exact) mass is 419 g/mol. The quantitative estimate of drug-likeness (QED) is 0.570. The fourth-order valence-electron chi connectivity index (χ4n) is 3.52. The molecule has 1 aliphatic heterocycles. The van der Waals surface area contributed by atoms with Gasteiger partial charge in [0.2, 0.25) is 10.0 Å². The van der Waals surface area contributed by atoms with Gasteiger partial charge in [0.1, 0.15) is 5.75 Å². The first-order valence-corrected chi connectivity index (χ1v) is 10.9. The van der Waals surface area contributed by atoms with Crippen LogP contribution in [0.5, 0.6) is 5.75 Å². The highest BCUT2D eigenvalue weighted by Gasteiger charge is 2.27. The summed E-state index contributed by atoms with van der Waals surface area (Å²) in [7, 11) is -2.23. The van der Waals surface area contributed by atoms with Crippen LogP contribution in [-0.4, -0.2) is 39.6 Å². The molecule has 29 heavy (non-hydrogen) atoms. The lowest BCUT2D eigenvalue weighted by atomic mass is 10.1. The lowest BCUT2D eigenvalue weighted by Crippen LogP contribution is -2.44. The summed E-state index contributed by atoms with van der Waals surface area (Å²) in [5.74, 6) is 0.791. The number of ether oxygens (including phenoxy) is 1. The molecule has 1 N–H and O–H groups in total. The van der Waals surface area contributed by atoms with Crippen molar-refractivity contribution in [2.24, 2.45) is 0 Å². The Morgan fingerprint density at radius 1 is 1.14 bits per heavy atom. The van der Waals surface area contributed by atoms with E-state index < -0.39 is 14.9 Å². The van der Waals surface area contributed by atoms with Gasteiger partial charge in [-0.3, -0.25) is 10.1 Å². The molecule has 8 nitrogen and oxygen atoms in total. The Balaban J connectivity index is 1.70. The van der Waals surface area contributed by atoms with Gasteiger partial charge in [-0.05, 0) is 62.1 Å². The number of sulfonamides is 1. The van der Waals surface area contributed by atoms with E-state index in [0.717, 1.165) is 17.5 Å². The van der Waals surface area contributed by atoms with Gasteiger partial charge in [0, 0.05) is 37.0 Å². The molecule has 0 amide bonds. The molecule has 1 heterocycles. The van der Waals surface area contributed by atoms with Crippen LogP contribution in [0.1, 0.15) is 24.0 Å². The molecule has 3 rings (SSSR count). The summed E-state index contributed by atoms with van der Waals surface area (Å²) in [6.45, 7) is 4.77. The van der Waals surface area contributed by atoms with Crippen molar-refractivity contribution in [3.63, 3.8) is 0 Å². The van der Waals surface area contributed by atoms with E-state index in [1.54, 1.807) is 21.0 Å².